The van der Waals surface area contributed by atoms with Gasteiger partial charge in [0.15, 0.2) is 0 Å². The van der Waals surface area contributed by atoms with Gasteiger partial charge >= 0.3 is 0 Å². The van der Waals surface area contributed by atoms with Gasteiger partial charge in [-0.05, 0) is 53.2 Å². The molecule has 0 saturated heterocycles. The lowest BCUT2D eigenvalue weighted by Gasteiger charge is -2.33. The predicted molar refractivity (Wildman–Crippen MR) is 109 cm³/mol. The van der Waals surface area contributed by atoms with E-state index in [1.807, 2.05) is 12.1 Å². The smallest absolute Gasteiger partial charge is 0.129 e. The zero-order valence-corrected chi connectivity index (χ0v) is 15.8. The molecule has 2 aromatic heterocycles. The van der Waals surface area contributed by atoms with E-state index in [4.69, 9.17) is 0 Å². The molecule has 3 heterocycles. The van der Waals surface area contributed by atoms with E-state index in [0.717, 1.165) is 29.9 Å². The van der Waals surface area contributed by atoms with Crippen molar-refractivity contribution in [1.29, 1.82) is 0 Å². The molecule has 2 aromatic carbocycles. The Morgan fingerprint density at radius 3 is 2.93 bits per heavy atom. The molecule has 4 aromatic rings. The summed E-state index contributed by atoms with van der Waals surface area (Å²) in [5.74, 6) is 0.579. The van der Waals surface area contributed by atoms with Gasteiger partial charge in [-0.25, -0.2) is 9.97 Å². The molecule has 1 aliphatic rings. The molecule has 0 spiro atoms. The van der Waals surface area contributed by atoms with E-state index < -0.39 is 0 Å². The van der Waals surface area contributed by atoms with Crippen LogP contribution in [0.2, 0.25) is 0 Å². The highest BCUT2D eigenvalue weighted by Gasteiger charge is 2.28. The third-order valence-corrected chi connectivity index (χ3v) is 6.24. The maximum atomic E-state index is 11.0. The maximum absolute atomic E-state index is 11.0. The summed E-state index contributed by atoms with van der Waals surface area (Å²) in [6.07, 6.45) is 3.21. The van der Waals surface area contributed by atoms with Crippen LogP contribution in [0.25, 0.3) is 21.3 Å². The second-order valence-electron chi connectivity index (χ2n) is 7.09. The highest BCUT2D eigenvalue weighted by Crippen LogP contribution is 2.42. The first-order valence-corrected chi connectivity index (χ1v) is 9.85. The predicted octanol–water partition coefficient (Wildman–Crippen LogP) is 4.64. The minimum absolute atomic E-state index is 0.246. The first-order chi connectivity index (χ1) is 13.2. The molecule has 0 radical (unpaired) electrons. The van der Waals surface area contributed by atoms with Crippen molar-refractivity contribution in [3.05, 3.63) is 77.1 Å². The van der Waals surface area contributed by atoms with Gasteiger partial charge in [-0.2, -0.15) is 0 Å². The summed E-state index contributed by atoms with van der Waals surface area (Å²) in [6.45, 7) is 1.67. The second kappa shape index (κ2) is 6.44. The molecule has 0 amide bonds. The van der Waals surface area contributed by atoms with Gasteiger partial charge in [0.1, 0.15) is 12.1 Å². The molecule has 4 nitrogen and oxygen atoms in total. The third-order valence-electron chi connectivity index (χ3n) is 5.36. The van der Waals surface area contributed by atoms with Crippen LogP contribution in [0.15, 0.2) is 60.4 Å². The summed E-state index contributed by atoms with van der Waals surface area (Å²) in [5.41, 5.74) is 5.01. The number of likely N-dealkylation sites (N-methyl/N-ethyl adjacent to an activating group) is 1. The Hall–Kier alpha value is -2.76. The third kappa shape index (κ3) is 2.80. The molecule has 1 atom stereocenters. The van der Waals surface area contributed by atoms with E-state index in [-0.39, 0.29) is 5.92 Å². The minimum Gasteiger partial charge on any atom is -0.507 e. The van der Waals surface area contributed by atoms with E-state index in [2.05, 4.69) is 57.6 Å². The number of hydrogen-bond donors (Lipinski definition) is 1. The number of fused-ring (bicyclic) bond motifs is 2. The van der Waals surface area contributed by atoms with Gasteiger partial charge in [0.05, 0.1) is 5.69 Å². The van der Waals surface area contributed by atoms with Gasteiger partial charge in [-0.15, -0.1) is 11.3 Å². The Morgan fingerprint density at radius 1 is 1.15 bits per heavy atom. The minimum atomic E-state index is 0.246. The van der Waals surface area contributed by atoms with E-state index in [0.29, 0.717) is 5.75 Å². The SMILES string of the molecule is CN1Cc2c(ccc(-c3ccncn3)c2O)C(c2ccc3ccsc3c2)C1. The molecule has 0 bridgehead atoms. The first-order valence-electron chi connectivity index (χ1n) is 8.97. The second-order valence-corrected chi connectivity index (χ2v) is 8.04. The Balaban J connectivity index is 1.64. The van der Waals surface area contributed by atoms with E-state index >= 15 is 0 Å². The zero-order chi connectivity index (χ0) is 18.4. The van der Waals surface area contributed by atoms with Gasteiger partial charge in [0.2, 0.25) is 0 Å². The summed E-state index contributed by atoms with van der Waals surface area (Å²) in [7, 11) is 2.11. The molecule has 27 heavy (non-hydrogen) atoms. The van der Waals surface area contributed by atoms with Crippen LogP contribution in [0.1, 0.15) is 22.6 Å². The number of nitrogens with zero attached hydrogens (tertiary/aromatic N) is 3. The monoisotopic (exact) mass is 373 g/mol. The molecule has 1 unspecified atom stereocenters. The van der Waals surface area contributed by atoms with E-state index in [9.17, 15) is 5.11 Å². The highest BCUT2D eigenvalue weighted by atomic mass is 32.1. The summed E-state index contributed by atoms with van der Waals surface area (Å²) in [6, 6.07) is 14.8. The average molecular weight is 373 g/mol. The number of aromatic nitrogens is 2. The van der Waals surface area contributed by atoms with Crippen LogP contribution in [0.5, 0.6) is 5.75 Å². The molecular weight excluding hydrogens is 354 g/mol. The fraction of sp³-hybridized carbons (Fsp3) is 0.182. The van der Waals surface area contributed by atoms with Gasteiger partial charge < -0.3 is 10.0 Å². The van der Waals surface area contributed by atoms with Crippen molar-refractivity contribution in [2.75, 3.05) is 13.6 Å². The highest BCUT2D eigenvalue weighted by molar-refractivity contribution is 7.17. The quantitative estimate of drug-likeness (QED) is 0.556. The fourth-order valence-electron chi connectivity index (χ4n) is 4.02. The van der Waals surface area contributed by atoms with E-state index in [1.165, 1.54) is 27.5 Å². The van der Waals surface area contributed by atoms with Crippen molar-refractivity contribution in [1.82, 2.24) is 14.9 Å². The van der Waals surface area contributed by atoms with Crippen molar-refractivity contribution in [3.63, 3.8) is 0 Å². The Morgan fingerprint density at radius 2 is 2.07 bits per heavy atom. The van der Waals surface area contributed by atoms with Crippen LogP contribution in [-0.4, -0.2) is 33.6 Å². The number of thiophene rings is 1. The molecule has 134 valence electrons. The Labute approximate surface area is 161 Å². The average Bonchev–Trinajstić information content (AvgIpc) is 3.17. The van der Waals surface area contributed by atoms with Gasteiger partial charge in [0.25, 0.3) is 0 Å². The van der Waals surface area contributed by atoms with Crippen LogP contribution in [0, 0.1) is 0 Å². The molecular formula is C22H19N3OS. The Bertz CT molecular complexity index is 1120. The lowest BCUT2D eigenvalue weighted by Crippen LogP contribution is -2.31. The van der Waals surface area contributed by atoms with Crippen molar-refractivity contribution >= 4 is 21.4 Å². The number of benzene rings is 2. The summed E-state index contributed by atoms with van der Waals surface area (Å²) < 4.78 is 1.31. The number of rotatable bonds is 2. The molecule has 0 saturated carbocycles. The van der Waals surface area contributed by atoms with Crippen LogP contribution in [-0.2, 0) is 6.54 Å². The fourth-order valence-corrected chi connectivity index (χ4v) is 4.86. The standard InChI is InChI=1S/C22H19N3OS/c1-25-11-18(15-3-2-14-7-9-27-21(14)10-15)16-4-5-17(22(26)19(16)12-25)20-6-8-23-13-24-20/h2-10,13,18,26H,11-12H2,1H3. The summed E-state index contributed by atoms with van der Waals surface area (Å²) >= 11 is 1.77. The van der Waals surface area contributed by atoms with Crippen LogP contribution in [0.3, 0.4) is 0 Å². The Kier molecular flexibility index (Phi) is 3.92. The largest absolute Gasteiger partial charge is 0.507 e. The molecule has 1 N–H and O–H groups in total. The first kappa shape index (κ1) is 16.4. The normalized spacial score (nSPS) is 17.1. The lowest BCUT2D eigenvalue weighted by atomic mass is 9.83. The lowest BCUT2D eigenvalue weighted by molar-refractivity contribution is 0.288. The summed E-state index contributed by atoms with van der Waals surface area (Å²) in [5, 5.41) is 14.4. The van der Waals surface area contributed by atoms with Crippen molar-refractivity contribution in [3.8, 4) is 17.0 Å². The molecule has 0 aliphatic carbocycles. The van der Waals surface area contributed by atoms with Crippen LogP contribution < -0.4 is 0 Å². The maximum Gasteiger partial charge on any atom is 0.129 e. The van der Waals surface area contributed by atoms with Crippen LogP contribution in [0.4, 0.5) is 0 Å². The molecule has 5 heteroatoms. The van der Waals surface area contributed by atoms with Gasteiger partial charge in [0, 0.05) is 41.0 Å². The zero-order valence-electron chi connectivity index (χ0n) is 15.0. The number of phenols is 1. The van der Waals surface area contributed by atoms with Gasteiger partial charge in [-0.1, -0.05) is 18.2 Å². The number of hydrogen-bond acceptors (Lipinski definition) is 5. The number of aromatic hydroxyl groups is 1. The van der Waals surface area contributed by atoms with Crippen molar-refractivity contribution < 1.29 is 5.11 Å². The molecule has 5 rings (SSSR count). The number of phenolic OH excluding ortho intramolecular Hbond substituents is 1. The van der Waals surface area contributed by atoms with Crippen molar-refractivity contribution in [2.24, 2.45) is 0 Å². The van der Waals surface area contributed by atoms with Gasteiger partial charge in [-0.3, -0.25) is 0 Å². The molecule has 1 aliphatic heterocycles. The topological polar surface area (TPSA) is 49.2 Å². The summed E-state index contributed by atoms with van der Waals surface area (Å²) in [4.78, 5) is 10.5. The van der Waals surface area contributed by atoms with Crippen LogP contribution >= 0.6 is 11.3 Å². The molecule has 0 fully saturated rings. The van der Waals surface area contributed by atoms with Crippen molar-refractivity contribution in [2.45, 2.75) is 12.5 Å². The van der Waals surface area contributed by atoms with E-state index in [1.54, 1.807) is 17.5 Å².